The first kappa shape index (κ1) is 16.3. The summed E-state index contributed by atoms with van der Waals surface area (Å²) in [6.45, 7) is 3.40. The van der Waals surface area contributed by atoms with Gasteiger partial charge >= 0.3 is 0 Å². The summed E-state index contributed by atoms with van der Waals surface area (Å²) in [6, 6.07) is 10.8. The van der Waals surface area contributed by atoms with Crippen molar-refractivity contribution < 1.29 is 9.59 Å². The second-order valence-corrected chi connectivity index (χ2v) is 6.25. The van der Waals surface area contributed by atoms with Crippen LogP contribution in [0.3, 0.4) is 0 Å². The Morgan fingerprint density at radius 2 is 1.96 bits per heavy atom. The van der Waals surface area contributed by atoms with Gasteiger partial charge in [0.15, 0.2) is 5.78 Å². The molecule has 0 radical (unpaired) electrons. The molecule has 0 unspecified atom stereocenters. The van der Waals surface area contributed by atoms with Gasteiger partial charge in [-0.05, 0) is 49.2 Å². The van der Waals surface area contributed by atoms with Crippen LogP contribution in [0.2, 0.25) is 5.02 Å². The van der Waals surface area contributed by atoms with Gasteiger partial charge in [-0.15, -0.1) is 0 Å². The molecule has 1 amide bonds. The molecular formula is C19H17ClN2O2. The van der Waals surface area contributed by atoms with E-state index in [9.17, 15) is 9.59 Å². The van der Waals surface area contributed by atoms with Gasteiger partial charge in [0, 0.05) is 33.4 Å². The fourth-order valence-electron chi connectivity index (χ4n) is 2.64. The first-order valence-corrected chi connectivity index (χ1v) is 7.99. The summed E-state index contributed by atoms with van der Waals surface area (Å²) in [7, 11) is 0. The van der Waals surface area contributed by atoms with Crippen LogP contribution in [-0.2, 0) is 11.2 Å². The number of carbonyl (C=O) groups excluding carboxylic acids is 2. The topological polar surface area (TPSA) is 62.0 Å². The molecule has 0 aliphatic heterocycles. The largest absolute Gasteiger partial charge is 0.361 e. The van der Waals surface area contributed by atoms with Gasteiger partial charge in [-0.25, -0.2) is 0 Å². The quantitative estimate of drug-likeness (QED) is 0.686. The minimum atomic E-state index is -0.139. The number of benzene rings is 2. The van der Waals surface area contributed by atoms with E-state index < -0.39 is 0 Å². The van der Waals surface area contributed by atoms with Crippen molar-refractivity contribution in [3.05, 3.63) is 64.3 Å². The van der Waals surface area contributed by atoms with Gasteiger partial charge in [-0.2, -0.15) is 0 Å². The van der Waals surface area contributed by atoms with Crippen molar-refractivity contribution in [2.75, 3.05) is 5.32 Å². The maximum Gasteiger partial charge on any atom is 0.228 e. The van der Waals surface area contributed by atoms with E-state index in [0.717, 1.165) is 22.0 Å². The number of halogens is 1. The molecule has 122 valence electrons. The zero-order valence-electron chi connectivity index (χ0n) is 13.4. The zero-order valence-corrected chi connectivity index (χ0v) is 14.2. The smallest absolute Gasteiger partial charge is 0.228 e. The first-order chi connectivity index (χ1) is 11.4. The van der Waals surface area contributed by atoms with E-state index in [-0.39, 0.29) is 18.1 Å². The number of rotatable bonds is 4. The molecule has 1 aromatic heterocycles. The molecule has 0 aliphatic rings. The Labute approximate surface area is 144 Å². The van der Waals surface area contributed by atoms with E-state index in [1.807, 2.05) is 31.3 Å². The fraction of sp³-hybridized carbons (Fsp3) is 0.158. The molecule has 3 rings (SSSR count). The highest BCUT2D eigenvalue weighted by Crippen LogP contribution is 2.23. The number of hydrogen-bond acceptors (Lipinski definition) is 2. The van der Waals surface area contributed by atoms with Crippen molar-refractivity contribution in [2.45, 2.75) is 20.3 Å². The summed E-state index contributed by atoms with van der Waals surface area (Å²) < 4.78 is 0. The van der Waals surface area contributed by atoms with E-state index in [4.69, 9.17) is 11.6 Å². The summed E-state index contributed by atoms with van der Waals surface area (Å²) in [5.41, 5.74) is 3.97. The molecule has 24 heavy (non-hydrogen) atoms. The number of ketones is 1. The monoisotopic (exact) mass is 340 g/mol. The van der Waals surface area contributed by atoms with Crippen LogP contribution in [0.5, 0.6) is 0 Å². The van der Waals surface area contributed by atoms with Crippen LogP contribution in [0, 0.1) is 6.92 Å². The van der Waals surface area contributed by atoms with E-state index in [0.29, 0.717) is 16.3 Å². The predicted octanol–water partition coefficient (Wildman–Crippen LogP) is 4.51. The van der Waals surface area contributed by atoms with Crippen LogP contribution < -0.4 is 5.32 Å². The lowest BCUT2D eigenvalue weighted by atomic mass is 10.1. The van der Waals surface area contributed by atoms with Gasteiger partial charge in [0.1, 0.15) is 0 Å². The highest BCUT2D eigenvalue weighted by atomic mass is 35.5. The van der Waals surface area contributed by atoms with Gasteiger partial charge in [-0.3, -0.25) is 9.59 Å². The Hall–Kier alpha value is -2.59. The average molecular weight is 341 g/mol. The van der Waals surface area contributed by atoms with E-state index >= 15 is 0 Å². The fourth-order valence-corrected chi connectivity index (χ4v) is 2.81. The number of aryl methyl sites for hydroxylation is 1. The Morgan fingerprint density at radius 1 is 1.17 bits per heavy atom. The van der Waals surface area contributed by atoms with E-state index in [1.54, 1.807) is 18.2 Å². The van der Waals surface area contributed by atoms with Gasteiger partial charge in [-0.1, -0.05) is 23.7 Å². The minimum Gasteiger partial charge on any atom is -0.361 e. The number of fused-ring (bicyclic) bond motifs is 1. The standard InChI is InChI=1S/C19H17ClN2O2/c1-11-3-4-13(12(2)23)7-18(11)22-19(24)8-14-10-21-17-6-5-15(20)9-16(14)17/h3-7,9-10,21H,8H2,1-2H3,(H,22,24). The molecule has 0 aliphatic carbocycles. The van der Waals surface area contributed by atoms with Crippen molar-refractivity contribution in [3.63, 3.8) is 0 Å². The maximum atomic E-state index is 12.4. The third-order valence-corrected chi connectivity index (χ3v) is 4.23. The van der Waals surface area contributed by atoms with Gasteiger partial charge in [0.2, 0.25) is 5.91 Å². The molecule has 2 aromatic carbocycles. The Bertz CT molecular complexity index is 944. The van der Waals surface area contributed by atoms with Crippen LogP contribution in [0.1, 0.15) is 28.4 Å². The third-order valence-electron chi connectivity index (χ3n) is 4.00. The number of anilines is 1. The lowest BCUT2D eigenvalue weighted by Crippen LogP contribution is -2.15. The number of hydrogen-bond donors (Lipinski definition) is 2. The number of carbonyl (C=O) groups is 2. The van der Waals surface area contributed by atoms with Crippen LogP contribution >= 0.6 is 11.6 Å². The molecule has 4 nitrogen and oxygen atoms in total. The number of aromatic nitrogens is 1. The molecule has 5 heteroatoms. The maximum absolute atomic E-state index is 12.4. The van der Waals surface area contributed by atoms with Crippen molar-refractivity contribution in [1.82, 2.24) is 4.98 Å². The van der Waals surface area contributed by atoms with E-state index in [1.165, 1.54) is 6.92 Å². The lowest BCUT2D eigenvalue weighted by Gasteiger charge is -2.09. The number of H-pyrrole nitrogens is 1. The zero-order chi connectivity index (χ0) is 17.3. The number of amides is 1. The SMILES string of the molecule is CC(=O)c1ccc(C)c(NC(=O)Cc2c[nH]c3ccc(Cl)cc23)c1. The predicted molar refractivity (Wildman–Crippen MR) is 96.8 cm³/mol. The average Bonchev–Trinajstić information content (AvgIpc) is 2.91. The summed E-state index contributed by atoms with van der Waals surface area (Å²) in [5.74, 6) is -0.170. The van der Waals surface area contributed by atoms with Gasteiger partial charge < -0.3 is 10.3 Å². The van der Waals surface area contributed by atoms with Crippen molar-refractivity contribution >= 4 is 39.9 Å². The summed E-state index contributed by atoms with van der Waals surface area (Å²) in [6.07, 6.45) is 2.05. The summed E-state index contributed by atoms with van der Waals surface area (Å²) >= 11 is 6.04. The van der Waals surface area contributed by atoms with Crippen molar-refractivity contribution in [3.8, 4) is 0 Å². The number of aromatic amines is 1. The molecule has 1 heterocycles. The first-order valence-electron chi connectivity index (χ1n) is 7.61. The van der Waals surface area contributed by atoms with Crippen molar-refractivity contribution in [1.29, 1.82) is 0 Å². The molecule has 0 atom stereocenters. The lowest BCUT2D eigenvalue weighted by molar-refractivity contribution is -0.115. The third kappa shape index (κ3) is 3.34. The van der Waals surface area contributed by atoms with Gasteiger partial charge in [0.05, 0.1) is 6.42 Å². The highest BCUT2D eigenvalue weighted by molar-refractivity contribution is 6.31. The molecular weight excluding hydrogens is 324 g/mol. The molecule has 2 N–H and O–H groups in total. The highest BCUT2D eigenvalue weighted by Gasteiger charge is 2.11. The van der Waals surface area contributed by atoms with Gasteiger partial charge in [0.25, 0.3) is 0 Å². The Kier molecular flexibility index (Phi) is 4.40. The molecule has 0 saturated heterocycles. The Morgan fingerprint density at radius 3 is 2.71 bits per heavy atom. The summed E-state index contributed by atoms with van der Waals surface area (Å²) in [4.78, 5) is 27.0. The number of nitrogens with one attached hydrogen (secondary N) is 2. The van der Waals surface area contributed by atoms with Crippen molar-refractivity contribution in [2.24, 2.45) is 0 Å². The molecule has 0 saturated carbocycles. The summed E-state index contributed by atoms with van der Waals surface area (Å²) in [5, 5.41) is 4.46. The molecule has 3 aromatic rings. The van der Waals surface area contributed by atoms with Crippen LogP contribution in [0.15, 0.2) is 42.6 Å². The molecule has 0 fully saturated rings. The van der Waals surface area contributed by atoms with Crippen LogP contribution in [0.4, 0.5) is 5.69 Å². The van der Waals surface area contributed by atoms with E-state index in [2.05, 4.69) is 10.3 Å². The van der Waals surface area contributed by atoms with Crippen LogP contribution in [-0.4, -0.2) is 16.7 Å². The van der Waals surface area contributed by atoms with Crippen LogP contribution in [0.25, 0.3) is 10.9 Å². The number of Topliss-reactive ketones (excluding diaryl/α,β-unsaturated/α-hetero) is 1. The second-order valence-electron chi connectivity index (χ2n) is 5.81. The minimum absolute atomic E-state index is 0.0308. The second kappa shape index (κ2) is 6.49. The normalized spacial score (nSPS) is 10.8. The molecule has 0 spiro atoms. The molecule has 0 bridgehead atoms. The Balaban J connectivity index is 1.81.